The second-order valence-electron chi connectivity index (χ2n) is 8.06. The van der Waals surface area contributed by atoms with Crippen molar-refractivity contribution in [2.45, 2.75) is 53.5 Å². The molecule has 1 atom stereocenters. The highest BCUT2D eigenvalue weighted by Gasteiger charge is 2.37. The molecule has 1 aromatic carbocycles. The Morgan fingerprint density at radius 1 is 1.31 bits per heavy atom. The van der Waals surface area contributed by atoms with E-state index in [1.807, 2.05) is 71.3 Å². The maximum absolute atomic E-state index is 5.94. The number of allylic oxidation sites excluding steroid dienone is 2. The first-order valence-electron chi connectivity index (χ1n) is 10.9. The maximum atomic E-state index is 5.94. The van der Waals surface area contributed by atoms with Crippen LogP contribution >= 0.6 is 39.9 Å². The number of amidine groups is 1. The zero-order valence-electron chi connectivity index (χ0n) is 20.7. The number of nitrogens with one attached hydrogen (secondary N) is 1. The summed E-state index contributed by atoms with van der Waals surface area (Å²) in [4.78, 5) is 6.37. The lowest BCUT2D eigenvalue weighted by Gasteiger charge is -2.20. The van der Waals surface area contributed by atoms with Gasteiger partial charge in [0, 0.05) is 22.8 Å². The molecule has 1 aliphatic rings. The number of hydrogen-bond acceptors (Lipinski definition) is 4. The predicted molar refractivity (Wildman–Crippen MR) is 153 cm³/mol. The summed E-state index contributed by atoms with van der Waals surface area (Å²) in [6.45, 7) is 11.1. The third-order valence-electron chi connectivity index (χ3n) is 4.70. The molecule has 0 aromatic heterocycles. The molecule has 0 amide bonds. The summed E-state index contributed by atoms with van der Waals surface area (Å²) < 4.78 is 5.77. The first kappa shape index (κ1) is 30.9. The maximum Gasteiger partial charge on any atom is 0.199 e. The average Bonchev–Trinajstić information content (AvgIpc) is 3.49. The number of halogens is 1. The molecule has 2 rings (SSSR count). The van der Waals surface area contributed by atoms with Crippen LogP contribution in [0, 0.1) is 5.41 Å². The first-order valence-corrected chi connectivity index (χ1v) is 13.4. The zero-order valence-corrected chi connectivity index (χ0v) is 23.9. The molecule has 0 bridgehead atoms. The number of likely N-dealkylation sites (N-methyl/N-ethyl adjacent to an activating group) is 1. The molecule has 1 unspecified atom stereocenters. The molecule has 1 aliphatic carbocycles. The van der Waals surface area contributed by atoms with E-state index in [9.17, 15) is 0 Å². The van der Waals surface area contributed by atoms with Gasteiger partial charge in [-0.3, -0.25) is 0 Å². The fraction of sp³-hybridized carbons (Fsp3) is 0.583. The molecule has 8 heteroatoms. The summed E-state index contributed by atoms with van der Waals surface area (Å²) in [5, 5.41) is 5.04. The van der Waals surface area contributed by atoms with Gasteiger partial charge in [0.05, 0.1) is 0 Å². The summed E-state index contributed by atoms with van der Waals surface area (Å²) in [5.41, 5.74) is 7.25. The van der Waals surface area contributed by atoms with Crippen LogP contribution in [0.3, 0.4) is 0 Å². The Hall–Kier alpha value is -1.09. The Bertz CT molecular complexity index is 700. The van der Waals surface area contributed by atoms with Gasteiger partial charge in [-0.15, -0.1) is 0 Å². The molecule has 0 heterocycles. The highest BCUT2D eigenvalue weighted by molar-refractivity contribution is 9.09. The van der Waals surface area contributed by atoms with Crippen molar-refractivity contribution >= 4 is 55.9 Å². The summed E-state index contributed by atoms with van der Waals surface area (Å²) >= 11 is 9.97. The summed E-state index contributed by atoms with van der Waals surface area (Å²) in [7, 11) is 4.08. The molecule has 1 aromatic rings. The summed E-state index contributed by atoms with van der Waals surface area (Å²) in [5.74, 6) is 1.84. The lowest BCUT2D eigenvalue weighted by atomic mass is 10.2. The predicted octanol–water partition coefficient (Wildman–Crippen LogP) is 6.54. The topological polar surface area (TPSA) is 62.9 Å². The Morgan fingerprint density at radius 3 is 2.28 bits per heavy atom. The molecule has 0 aliphatic heterocycles. The Kier molecular flexibility index (Phi) is 16.8. The quantitative estimate of drug-likeness (QED) is 0.133. The molecule has 5 nitrogen and oxygen atoms in total. The van der Waals surface area contributed by atoms with E-state index in [1.54, 1.807) is 11.8 Å². The number of ether oxygens (including phenoxy) is 1. The van der Waals surface area contributed by atoms with Crippen LogP contribution in [0.1, 0.15) is 47.5 Å². The van der Waals surface area contributed by atoms with Gasteiger partial charge in [-0.05, 0) is 89.6 Å². The van der Waals surface area contributed by atoms with Crippen LogP contribution < -0.4 is 15.8 Å². The van der Waals surface area contributed by atoms with Gasteiger partial charge in [0.2, 0.25) is 0 Å². The molecule has 3 N–H and O–H groups in total. The number of alkyl halides is 1. The molecular formula is C24H41BrN4OS2. The summed E-state index contributed by atoms with van der Waals surface area (Å²) in [6, 6.07) is 8.04. The monoisotopic (exact) mass is 544 g/mol. The van der Waals surface area contributed by atoms with Gasteiger partial charge in [-0.2, -0.15) is 4.99 Å². The number of rotatable bonds is 7. The fourth-order valence-corrected chi connectivity index (χ4v) is 3.10. The number of nitrogens with zero attached hydrogens (tertiary/aromatic N) is 2. The number of thiocarbonyl (C=S) groups is 1. The molecule has 1 fully saturated rings. The van der Waals surface area contributed by atoms with Gasteiger partial charge in [-0.1, -0.05) is 53.7 Å². The first-order chi connectivity index (χ1) is 15.1. The van der Waals surface area contributed by atoms with E-state index in [2.05, 4.69) is 45.0 Å². The van der Waals surface area contributed by atoms with Crippen molar-refractivity contribution in [2.75, 3.05) is 37.1 Å². The van der Waals surface area contributed by atoms with Gasteiger partial charge in [0.1, 0.15) is 12.4 Å². The van der Waals surface area contributed by atoms with E-state index in [4.69, 9.17) is 22.7 Å². The molecule has 1 saturated carbocycles. The van der Waals surface area contributed by atoms with Crippen molar-refractivity contribution in [1.29, 1.82) is 0 Å². The van der Waals surface area contributed by atoms with E-state index in [-0.39, 0.29) is 0 Å². The fourth-order valence-electron chi connectivity index (χ4n) is 1.89. The Morgan fingerprint density at radius 2 is 1.84 bits per heavy atom. The summed E-state index contributed by atoms with van der Waals surface area (Å²) in [6.07, 6.45) is 6.55. The minimum absolute atomic E-state index is 0.359. The van der Waals surface area contributed by atoms with Gasteiger partial charge < -0.3 is 20.7 Å². The van der Waals surface area contributed by atoms with Gasteiger partial charge in [0.25, 0.3) is 0 Å². The van der Waals surface area contributed by atoms with Crippen LogP contribution in [0.5, 0.6) is 5.75 Å². The lowest BCUT2D eigenvalue weighted by molar-refractivity contribution is 0.198. The third-order valence-corrected chi connectivity index (χ3v) is 6.12. The number of thioether (sulfide) groups is 1. The van der Waals surface area contributed by atoms with Gasteiger partial charge in [0.15, 0.2) is 10.3 Å². The van der Waals surface area contributed by atoms with Crippen LogP contribution in [0.4, 0.5) is 5.69 Å². The SMILES string of the molecule is C/C=C\C.CC(COc1ccc(NC(=S)/N=C(\N)SCC2(C)CC2)cc1)N(C)C.CCBr. The van der Waals surface area contributed by atoms with Crippen molar-refractivity contribution in [2.24, 2.45) is 16.1 Å². The van der Waals surface area contributed by atoms with Crippen LogP contribution in [0.2, 0.25) is 0 Å². The number of benzene rings is 1. The molecule has 182 valence electrons. The van der Waals surface area contributed by atoms with E-state index >= 15 is 0 Å². The molecule has 0 radical (unpaired) electrons. The average molecular weight is 546 g/mol. The number of hydrogen-bond donors (Lipinski definition) is 2. The van der Waals surface area contributed by atoms with Crippen molar-refractivity contribution < 1.29 is 4.74 Å². The second kappa shape index (κ2) is 17.4. The van der Waals surface area contributed by atoms with E-state index in [0.717, 1.165) is 22.5 Å². The Balaban J connectivity index is 0.00000121. The van der Waals surface area contributed by atoms with Crippen molar-refractivity contribution in [3.05, 3.63) is 36.4 Å². The molecular weight excluding hydrogens is 504 g/mol. The zero-order chi connectivity index (χ0) is 24.6. The van der Waals surface area contributed by atoms with E-state index < -0.39 is 0 Å². The van der Waals surface area contributed by atoms with Crippen molar-refractivity contribution in [3.8, 4) is 5.75 Å². The number of nitrogens with two attached hydrogens (primary N) is 1. The van der Waals surface area contributed by atoms with Crippen molar-refractivity contribution in [3.63, 3.8) is 0 Å². The smallest absolute Gasteiger partial charge is 0.199 e. The highest BCUT2D eigenvalue weighted by atomic mass is 79.9. The number of anilines is 1. The largest absolute Gasteiger partial charge is 0.492 e. The lowest BCUT2D eigenvalue weighted by Crippen LogP contribution is -2.30. The van der Waals surface area contributed by atoms with Gasteiger partial charge in [-0.25, -0.2) is 0 Å². The standard InChI is InChI=1S/C18H28N4OS2.C4H8.C2H5Br/c1-13(22(3)4)11-23-15-7-5-14(6-8-15)20-17(24)21-16(19)25-12-18(2)9-10-18;1-3-4-2;1-2-3/h5-8,13H,9-12H2,1-4H3,(H3,19,20,21,24);3-4H,1-2H3;2H2,1H3/b;4-3-;. The minimum Gasteiger partial charge on any atom is -0.492 e. The highest BCUT2D eigenvalue weighted by Crippen LogP contribution is 2.47. The van der Waals surface area contributed by atoms with Crippen LogP contribution in [0.25, 0.3) is 0 Å². The van der Waals surface area contributed by atoms with Crippen molar-refractivity contribution in [1.82, 2.24) is 4.90 Å². The molecule has 0 spiro atoms. The molecule has 0 saturated heterocycles. The van der Waals surface area contributed by atoms with Gasteiger partial charge >= 0.3 is 0 Å². The minimum atomic E-state index is 0.359. The van der Waals surface area contributed by atoms with Crippen LogP contribution in [0.15, 0.2) is 41.4 Å². The third kappa shape index (κ3) is 15.7. The van der Waals surface area contributed by atoms with E-state index in [0.29, 0.717) is 28.3 Å². The van der Waals surface area contributed by atoms with Crippen LogP contribution in [-0.2, 0) is 0 Å². The Labute approximate surface area is 213 Å². The molecule has 32 heavy (non-hydrogen) atoms. The second-order valence-corrected chi connectivity index (χ2v) is 10.6. The van der Waals surface area contributed by atoms with Crippen LogP contribution in [-0.4, -0.2) is 53.0 Å². The number of aliphatic imine (C=N–C) groups is 1. The normalized spacial score (nSPS) is 15.2. The van der Waals surface area contributed by atoms with E-state index in [1.165, 1.54) is 12.8 Å².